The monoisotopic (exact) mass is 569 g/mol. The van der Waals surface area contributed by atoms with Crippen LogP contribution in [0.3, 0.4) is 0 Å². The number of hydrogen-bond acceptors (Lipinski definition) is 5. The van der Waals surface area contributed by atoms with Gasteiger partial charge in [-0.2, -0.15) is 0 Å². The van der Waals surface area contributed by atoms with Crippen LogP contribution in [0.15, 0.2) is 100 Å². The summed E-state index contributed by atoms with van der Waals surface area (Å²) >= 11 is 1.23. The van der Waals surface area contributed by atoms with Crippen molar-refractivity contribution < 1.29 is 18.3 Å². The van der Waals surface area contributed by atoms with Gasteiger partial charge in [-0.3, -0.25) is 9.36 Å². The number of halogens is 2. The average molecular weight is 570 g/mol. The van der Waals surface area contributed by atoms with E-state index in [1.807, 2.05) is 36.5 Å². The molecule has 0 saturated heterocycles. The first-order valence-corrected chi connectivity index (χ1v) is 13.9. The van der Waals surface area contributed by atoms with Crippen LogP contribution in [0.2, 0.25) is 0 Å². The predicted octanol–water partition coefficient (Wildman–Crippen LogP) is 5.08. The molecule has 1 atom stereocenters. The first-order chi connectivity index (χ1) is 19.8. The zero-order valence-electron chi connectivity index (χ0n) is 22.3. The molecule has 0 radical (unpaired) electrons. The number of esters is 1. The van der Waals surface area contributed by atoms with Crippen LogP contribution in [0.4, 0.5) is 8.78 Å². The fraction of sp³-hybridized carbons (Fsp3) is 0.156. The number of para-hydroxylation sites is 1. The molecule has 1 aliphatic heterocycles. The highest BCUT2D eigenvalue weighted by Gasteiger charge is 2.33. The first-order valence-electron chi connectivity index (χ1n) is 13.1. The molecule has 2 aromatic heterocycles. The summed E-state index contributed by atoms with van der Waals surface area (Å²) in [6.07, 6.45) is 3.80. The molecule has 9 heteroatoms. The highest BCUT2D eigenvalue weighted by Crippen LogP contribution is 2.31. The van der Waals surface area contributed by atoms with E-state index in [0.29, 0.717) is 27.1 Å². The quantitative estimate of drug-likeness (QED) is 0.268. The molecule has 0 spiro atoms. The smallest absolute Gasteiger partial charge is 0.338 e. The average Bonchev–Trinajstić information content (AvgIpc) is 3.46. The van der Waals surface area contributed by atoms with Crippen LogP contribution in [0.25, 0.3) is 17.0 Å². The Hall–Kier alpha value is -4.63. The van der Waals surface area contributed by atoms with E-state index in [2.05, 4.69) is 9.56 Å². The van der Waals surface area contributed by atoms with Gasteiger partial charge in [-0.1, -0.05) is 53.8 Å². The van der Waals surface area contributed by atoms with Crippen molar-refractivity contribution in [2.24, 2.45) is 4.99 Å². The molecule has 0 unspecified atom stereocenters. The van der Waals surface area contributed by atoms with E-state index < -0.39 is 17.8 Å². The number of allylic oxidation sites excluding steroid dienone is 1. The number of rotatable bonds is 6. The molecular weight excluding hydrogens is 544 g/mol. The molecule has 0 saturated carbocycles. The minimum atomic E-state index is -0.812. The number of carbonyl (C=O) groups is 1. The van der Waals surface area contributed by atoms with Crippen LogP contribution in [-0.4, -0.2) is 21.7 Å². The number of ether oxygens (including phenoxy) is 1. The van der Waals surface area contributed by atoms with Gasteiger partial charge >= 0.3 is 5.97 Å². The molecule has 6 nitrogen and oxygen atoms in total. The fourth-order valence-electron chi connectivity index (χ4n) is 5.20. The minimum Gasteiger partial charge on any atom is -0.463 e. The van der Waals surface area contributed by atoms with Crippen LogP contribution in [-0.2, 0) is 16.1 Å². The van der Waals surface area contributed by atoms with E-state index in [1.165, 1.54) is 40.2 Å². The summed E-state index contributed by atoms with van der Waals surface area (Å²) in [7, 11) is 0. The van der Waals surface area contributed by atoms with E-state index in [0.717, 1.165) is 22.0 Å². The number of fused-ring (bicyclic) bond motifs is 2. The second-order valence-electron chi connectivity index (χ2n) is 9.71. The largest absolute Gasteiger partial charge is 0.463 e. The Kier molecular flexibility index (Phi) is 6.96. The topological polar surface area (TPSA) is 65.6 Å². The Bertz CT molecular complexity index is 2000. The summed E-state index contributed by atoms with van der Waals surface area (Å²) in [5.74, 6) is -1.28. The standard InChI is InChI=1S/C32H25F2N3O3S/c1-3-40-31(39)28-19(2)35-32-37(29(28)21-10-14-24(34)15-11-21)30(38)27(41-32)16-22-18-36(26-7-5-4-6-25(22)26)17-20-8-12-23(33)13-9-20/h4-16,18,29H,3,17H2,1-2H3/b27-16-/t29-/m0/s1. The molecule has 0 fully saturated rings. The summed E-state index contributed by atoms with van der Waals surface area (Å²) in [6.45, 7) is 4.12. The summed E-state index contributed by atoms with van der Waals surface area (Å²) < 4.78 is 36.6. The van der Waals surface area contributed by atoms with Crippen LogP contribution >= 0.6 is 11.3 Å². The van der Waals surface area contributed by atoms with Gasteiger partial charge in [0.05, 0.1) is 28.5 Å². The van der Waals surface area contributed by atoms with Crippen molar-refractivity contribution in [2.45, 2.75) is 26.4 Å². The minimum absolute atomic E-state index is 0.165. The van der Waals surface area contributed by atoms with Gasteiger partial charge in [0.1, 0.15) is 11.6 Å². The summed E-state index contributed by atoms with van der Waals surface area (Å²) in [6, 6.07) is 19.2. The lowest BCUT2D eigenvalue weighted by Gasteiger charge is -2.24. The number of nitrogens with zero attached hydrogens (tertiary/aromatic N) is 3. The molecule has 3 heterocycles. The van der Waals surface area contributed by atoms with Crippen LogP contribution < -0.4 is 14.9 Å². The Morgan fingerprint density at radius 1 is 1.02 bits per heavy atom. The van der Waals surface area contributed by atoms with Crippen molar-refractivity contribution in [1.82, 2.24) is 9.13 Å². The lowest BCUT2D eigenvalue weighted by atomic mass is 9.96. The maximum Gasteiger partial charge on any atom is 0.338 e. The van der Waals surface area contributed by atoms with Gasteiger partial charge < -0.3 is 9.30 Å². The number of hydrogen-bond donors (Lipinski definition) is 0. The van der Waals surface area contributed by atoms with Gasteiger partial charge in [0, 0.05) is 29.2 Å². The third kappa shape index (κ3) is 4.93. The van der Waals surface area contributed by atoms with Crippen molar-refractivity contribution in [3.05, 3.63) is 138 Å². The Labute approximate surface area is 237 Å². The predicted molar refractivity (Wildman–Crippen MR) is 154 cm³/mol. The van der Waals surface area contributed by atoms with E-state index in [1.54, 1.807) is 38.1 Å². The SMILES string of the molecule is CCOC(=O)C1=C(C)N=c2s/c(=C\c3cn(Cc4ccc(F)cc4)c4ccccc34)c(=O)n2[C@H]1c1ccc(F)cc1. The number of thiazole rings is 1. The van der Waals surface area contributed by atoms with Crippen LogP contribution in [0.1, 0.15) is 36.6 Å². The van der Waals surface area contributed by atoms with Gasteiger partial charge in [-0.25, -0.2) is 18.6 Å². The molecule has 6 rings (SSSR count). The summed E-state index contributed by atoms with van der Waals surface area (Å²) in [4.78, 5) is 32.0. The van der Waals surface area contributed by atoms with Gasteiger partial charge in [0.15, 0.2) is 4.80 Å². The zero-order chi connectivity index (χ0) is 28.7. The molecule has 0 N–H and O–H groups in total. The van der Waals surface area contributed by atoms with E-state index in [4.69, 9.17) is 4.74 Å². The highest BCUT2D eigenvalue weighted by molar-refractivity contribution is 7.07. The lowest BCUT2D eigenvalue weighted by molar-refractivity contribution is -0.139. The van der Waals surface area contributed by atoms with Crippen LogP contribution in [0.5, 0.6) is 0 Å². The maximum atomic E-state index is 14.0. The molecule has 5 aromatic rings. The molecule has 1 aliphatic rings. The zero-order valence-corrected chi connectivity index (χ0v) is 23.1. The van der Waals surface area contributed by atoms with Gasteiger partial charge in [0.2, 0.25) is 0 Å². The first kappa shape index (κ1) is 26.6. The second-order valence-corrected chi connectivity index (χ2v) is 10.7. The Balaban J connectivity index is 1.51. The van der Waals surface area contributed by atoms with Gasteiger partial charge in [0.25, 0.3) is 5.56 Å². The second kappa shape index (κ2) is 10.7. The van der Waals surface area contributed by atoms with Crippen molar-refractivity contribution in [1.29, 1.82) is 0 Å². The highest BCUT2D eigenvalue weighted by atomic mass is 32.1. The van der Waals surface area contributed by atoms with E-state index >= 15 is 0 Å². The third-order valence-corrected chi connectivity index (χ3v) is 8.06. The molecule has 0 bridgehead atoms. The van der Waals surface area contributed by atoms with Gasteiger partial charge in [-0.05, 0) is 61.4 Å². The molecule has 41 heavy (non-hydrogen) atoms. The summed E-state index contributed by atoms with van der Waals surface area (Å²) in [5.41, 5.74) is 3.71. The summed E-state index contributed by atoms with van der Waals surface area (Å²) in [5, 5.41) is 0.957. The molecule has 3 aromatic carbocycles. The third-order valence-electron chi connectivity index (χ3n) is 7.07. The van der Waals surface area contributed by atoms with Crippen molar-refractivity contribution in [3.63, 3.8) is 0 Å². The fourth-order valence-corrected chi connectivity index (χ4v) is 6.24. The van der Waals surface area contributed by atoms with Crippen molar-refractivity contribution >= 4 is 34.3 Å². The van der Waals surface area contributed by atoms with Crippen molar-refractivity contribution in [2.75, 3.05) is 6.61 Å². The number of aromatic nitrogens is 2. The lowest BCUT2D eigenvalue weighted by Crippen LogP contribution is -2.39. The maximum absolute atomic E-state index is 14.0. The van der Waals surface area contributed by atoms with E-state index in [-0.39, 0.29) is 23.6 Å². The van der Waals surface area contributed by atoms with Crippen LogP contribution in [0, 0.1) is 11.6 Å². The number of benzene rings is 3. The Morgan fingerprint density at radius 3 is 2.41 bits per heavy atom. The molecule has 0 aliphatic carbocycles. The Morgan fingerprint density at radius 2 is 1.71 bits per heavy atom. The van der Waals surface area contributed by atoms with E-state index in [9.17, 15) is 18.4 Å². The van der Waals surface area contributed by atoms with Crippen molar-refractivity contribution in [3.8, 4) is 0 Å². The molecule has 206 valence electrons. The number of carbonyl (C=O) groups excluding carboxylic acids is 1. The normalized spacial score (nSPS) is 15.2. The van der Waals surface area contributed by atoms with Gasteiger partial charge in [-0.15, -0.1) is 0 Å². The molecular formula is C32H25F2N3O3S. The molecule has 0 amide bonds.